The summed E-state index contributed by atoms with van der Waals surface area (Å²) in [5.41, 5.74) is 0. The van der Waals surface area contributed by atoms with Crippen LogP contribution < -0.4 is 5.32 Å². The Bertz CT molecular complexity index is 302. The highest BCUT2D eigenvalue weighted by molar-refractivity contribution is 7.85. The van der Waals surface area contributed by atoms with Gasteiger partial charge in [-0.3, -0.25) is 13.8 Å². The normalized spacial score (nSPS) is 13.9. The Morgan fingerprint density at radius 1 is 1.33 bits per heavy atom. The lowest BCUT2D eigenvalue weighted by atomic mass is 10.3. The van der Waals surface area contributed by atoms with Gasteiger partial charge in [-0.1, -0.05) is 0 Å². The first-order chi connectivity index (χ1) is 6.82. The molecule has 2 atom stereocenters. The standard InChI is InChI=1S/C7H11NO6S/c1-4(9)8-5(7(12)13)2-15(14)3-6(10)11/h5H,2-3H2,1H3,(H,8,9)(H,10,11)(H,12,13)/t5-,15+/m0/s1. The van der Waals surface area contributed by atoms with E-state index in [0.717, 1.165) is 6.92 Å². The molecule has 3 N–H and O–H groups in total. The number of hydrogen-bond donors (Lipinski definition) is 3. The molecule has 0 rings (SSSR count). The van der Waals surface area contributed by atoms with Crippen molar-refractivity contribution in [1.29, 1.82) is 0 Å². The van der Waals surface area contributed by atoms with Gasteiger partial charge in [-0.2, -0.15) is 0 Å². The second-order valence-electron chi connectivity index (χ2n) is 2.74. The molecule has 0 spiro atoms. The minimum Gasteiger partial charge on any atom is -0.481 e. The van der Waals surface area contributed by atoms with Gasteiger partial charge >= 0.3 is 11.9 Å². The molecule has 86 valence electrons. The molecule has 0 aliphatic carbocycles. The second-order valence-corrected chi connectivity index (χ2v) is 4.24. The Morgan fingerprint density at radius 2 is 1.87 bits per heavy atom. The van der Waals surface area contributed by atoms with Crippen LogP contribution in [0.3, 0.4) is 0 Å². The quantitative estimate of drug-likeness (QED) is 0.512. The van der Waals surface area contributed by atoms with Crippen LogP contribution >= 0.6 is 0 Å². The third kappa shape index (κ3) is 6.61. The third-order valence-corrected chi connectivity index (χ3v) is 2.59. The molecule has 0 aromatic heterocycles. The SMILES string of the molecule is CC(=O)N[C@@H](C[S@@](=O)CC(=O)O)C(=O)O. The zero-order chi connectivity index (χ0) is 12.0. The molecule has 8 heteroatoms. The first-order valence-corrected chi connectivity index (χ1v) is 5.38. The molecular formula is C7H11NO6S. The number of nitrogens with one attached hydrogen (secondary N) is 1. The highest BCUT2D eigenvalue weighted by Crippen LogP contribution is 1.91. The summed E-state index contributed by atoms with van der Waals surface area (Å²) < 4.78 is 11.1. The summed E-state index contributed by atoms with van der Waals surface area (Å²) in [6.45, 7) is 1.12. The zero-order valence-electron chi connectivity index (χ0n) is 7.93. The highest BCUT2D eigenvalue weighted by Gasteiger charge is 2.22. The summed E-state index contributed by atoms with van der Waals surface area (Å²) in [4.78, 5) is 31.3. The van der Waals surface area contributed by atoms with Crippen molar-refractivity contribution in [2.45, 2.75) is 13.0 Å². The first-order valence-electron chi connectivity index (χ1n) is 3.89. The molecule has 0 aromatic carbocycles. The summed E-state index contributed by atoms with van der Waals surface area (Å²) in [6, 6.07) is -1.32. The Hall–Kier alpha value is -1.44. The maximum absolute atomic E-state index is 11.1. The van der Waals surface area contributed by atoms with E-state index in [1.807, 2.05) is 0 Å². The summed E-state index contributed by atoms with van der Waals surface area (Å²) >= 11 is 0. The van der Waals surface area contributed by atoms with Crippen molar-refractivity contribution in [2.24, 2.45) is 0 Å². The topological polar surface area (TPSA) is 121 Å². The summed E-state index contributed by atoms with van der Waals surface area (Å²) in [6.07, 6.45) is 0. The molecule has 1 amide bonds. The van der Waals surface area contributed by atoms with Crippen LogP contribution in [0.2, 0.25) is 0 Å². The average molecular weight is 237 g/mol. The minimum atomic E-state index is -1.81. The number of rotatable bonds is 6. The van der Waals surface area contributed by atoms with Crippen molar-refractivity contribution in [3.8, 4) is 0 Å². The average Bonchev–Trinajstić information content (AvgIpc) is 1.99. The monoisotopic (exact) mass is 237 g/mol. The zero-order valence-corrected chi connectivity index (χ0v) is 8.74. The fourth-order valence-electron chi connectivity index (χ4n) is 0.803. The van der Waals surface area contributed by atoms with Crippen molar-refractivity contribution in [2.75, 3.05) is 11.5 Å². The number of aliphatic carboxylic acids is 2. The number of amides is 1. The van der Waals surface area contributed by atoms with Crippen molar-refractivity contribution >= 4 is 28.6 Å². The van der Waals surface area contributed by atoms with Gasteiger partial charge in [-0.25, -0.2) is 4.79 Å². The maximum Gasteiger partial charge on any atom is 0.327 e. The van der Waals surface area contributed by atoms with E-state index in [4.69, 9.17) is 10.2 Å². The van der Waals surface area contributed by atoms with Crippen LogP contribution in [0, 0.1) is 0 Å². The molecule has 0 saturated heterocycles. The Kier molecular flexibility index (Phi) is 5.53. The lowest BCUT2D eigenvalue weighted by molar-refractivity contribution is -0.141. The first kappa shape index (κ1) is 13.6. The smallest absolute Gasteiger partial charge is 0.327 e. The third-order valence-electron chi connectivity index (χ3n) is 1.31. The van der Waals surface area contributed by atoms with E-state index in [2.05, 4.69) is 5.32 Å². The molecule has 0 heterocycles. The summed E-state index contributed by atoms with van der Waals surface area (Å²) in [7, 11) is -1.81. The van der Waals surface area contributed by atoms with Crippen molar-refractivity contribution in [3.63, 3.8) is 0 Å². The van der Waals surface area contributed by atoms with E-state index in [0.29, 0.717) is 0 Å². The van der Waals surface area contributed by atoms with Gasteiger partial charge < -0.3 is 15.5 Å². The molecule has 0 aliphatic heterocycles. The van der Waals surface area contributed by atoms with E-state index in [1.54, 1.807) is 0 Å². The molecule has 0 aromatic rings. The maximum atomic E-state index is 11.1. The summed E-state index contributed by atoms with van der Waals surface area (Å²) in [5, 5.41) is 19.0. The second kappa shape index (κ2) is 6.12. The van der Waals surface area contributed by atoms with Crippen molar-refractivity contribution in [3.05, 3.63) is 0 Å². The molecule has 0 radical (unpaired) electrons. The predicted molar refractivity (Wildman–Crippen MR) is 50.8 cm³/mol. The van der Waals surface area contributed by atoms with Gasteiger partial charge in [0.1, 0.15) is 11.8 Å². The molecular weight excluding hydrogens is 226 g/mol. The van der Waals surface area contributed by atoms with Crippen LogP contribution in [0.15, 0.2) is 0 Å². The number of hydrogen-bond acceptors (Lipinski definition) is 4. The van der Waals surface area contributed by atoms with Crippen LogP contribution in [-0.2, 0) is 25.2 Å². The van der Waals surface area contributed by atoms with E-state index < -0.39 is 46.2 Å². The van der Waals surface area contributed by atoms with Gasteiger partial charge in [0.05, 0.1) is 5.75 Å². The van der Waals surface area contributed by atoms with Crippen LogP contribution in [0.25, 0.3) is 0 Å². The molecule has 15 heavy (non-hydrogen) atoms. The Balaban J connectivity index is 4.28. The van der Waals surface area contributed by atoms with Crippen LogP contribution in [0.5, 0.6) is 0 Å². The van der Waals surface area contributed by atoms with Crippen LogP contribution in [0.1, 0.15) is 6.92 Å². The van der Waals surface area contributed by atoms with E-state index in [-0.39, 0.29) is 0 Å². The van der Waals surface area contributed by atoms with Gasteiger partial charge in [0, 0.05) is 17.7 Å². The number of carboxylic acids is 2. The van der Waals surface area contributed by atoms with Gasteiger partial charge in [-0.15, -0.1) is 0 Å². The molecule has 7 nitrogen and oxygen atoms in total. The lowest BCUT2D eigenvalue weighted by Gasteiger charge is -2.11. The Morgan fingerprint density at radius 3 is 2.20 bits per heavy atom. The van der Waals surface area contributed by atoms with E-state index >= 15 is 0 Å². The van der Waals surface area contributed by atoms with Gasteiger partial charge in [0.15, 0.2) is 0 Å². The number of carboxylic acid groups (broad SMARTS) is 2. The minimum absolute atomic E-state index is 0.415. The van der Waals surface area contributed by atoms with Gasteiger partial charge in [0.2, 0.25) is 5.91 Å². The fourth-order valence-corrected chi connectivity index (χ4v) is 1.79. The Labute approximate surface area is 87.9 Å². The van der Waals surface area contributed by atoms with Crippen LogP contribution in [-0.4, -0.2) is 49.8 Å². The van der Waals surface area contributed by atoms with Gasteiger partial charge in [-0.05, 0) is 0 Å². The largest absolute Gasteiger partial charge is 0.481 e. The molecule has 0 aliphatic rings. The molecule has 0 saturated carbocycles. The lowest BCUT2D eigenvalue weighted by Crippen LogP contribution is -2.44. The van der Waals surface area contributed by atoms with E-state index in [1.165, 1.54) is 0 Å². The molecule has 0 bridgehead atoms. The van der Waals surface area contributed by atoms with Crippen molar-refractivity contribution in [1.82, 2.24) is 5.32 Å². The highest BCUT2D eigenvalue weighted by atomic mass is 32.2. The fraction of sp³-hybridized carbons (Fsp3) is 0.571. The molecule has 0 unspecified atom stereocenters. The number of carbonyl (C=O) groups excluding carboxylic acids is 1. The summed E-state index contributed by atoms with van der Waals surface area (Å²) in [5.74, 6) is -4.25. The molecule has 0 fully saturated rings. The van der Waals surface area contributed by atoms with Crippen LogP contribution in [0.4, 0.5) is 0 Å². The van der Waals surface area contributed by atoms with Gasteiger partial charge in [0.25, 0.3) is 0 Å². The number of carbonyl (C=O) groups is 3. The van der Waals surface area contributed by atoms with E-state index in [9.17, 15) is 18.6 Å². The van der Waals surface area contributed by atoms with Crippen molar-refractivity contribution < 1.29 is 28.8 Å². The predicted octanol–water partition coefficient (Wildman–Crippen LogP) is -1.59.